The normalized spacial score (nSPS) is 16.9. The lowest BCUT2D eigenvalue weighted by atomic mass is 10.0. The Bertz CT molecular complexity index is 1130. The molecule has 0 spiro atoms. The Labute approximate surface area is 169 Å². The van der Waals surface area contributed by atoms with Gasteiger partial charge in [-0.2, -0.15) is 0 Å². The highest BCUT2D eigenvalue weighted by atomic mass is 32.1. The van der Waals surface area contributed by atoms with E-state index in [0.717, 1.165) is 11.6 Å². The minimum Gasteiger partial charge on any atom is -0.454 e. The largest absolute Gasteiger partial charge is 0.454 e. The topological polar surface area (TPSA) is 111 Å². The summed E-state index contributed by atoms with van der Waals surface area (Å²) in [7, 11) is 0. The summed E-state index contributed by atoms with van der Waals surface area (Å²) in [6.07, 6.45) is 1.16. The molecule has 0 atom stereocenters. The average Bonchev–Trinajstić information content (AvgIpc) is 3.11. The molecule has 1 fully saturated rings. The zero-order valence-corrected chi connectivity index (χ0v) is 15.8. The van der Waals surface area contributed by atoms with Crippen molar-refractivity contribution in [3.63, 3.8) is 0 Å². The highest BCUT2D eigenvalue weighted by Crippen LogP contribution is 2.39. The van der Waals surface area contributed by atoms with Gasteiger partial charge < -0.3 is 9.47 Å². The summed E-state index contributed by atoms with van der Waals surface area (Å²) in [4.78, 5) is 37.5. The molecule has 0 radical (unpaired) electrons. The van der Waals surface area contributed by atoms with E-state index in [-0.39, 0.29) is 40.2 Å². The van der Waals surface area contributed by atoms with Crippen molar-refractivity contribution in [2.75, 3.05) is 11.7 Å². The summed E-state index contributed by atoms with van der Waals surface area (Å²) in [6, 6.07) is 9.58. The molecule has 1 saturated heterocycles. The molecule has 2 amide bonds. The summed E-state index contributed by atoms with van der Waals surface area (Å²) in [5.74, 6) is -0.912. The maximum absolute atomic E-state index is 13.1. The van der Waals surface area contributed by atoms with Gasteiger partial charge in [-0.3, -0.25) is 29.9 Å². The van der Waals surface area contributed by atoms with Gasteiger partial charge in [0.2, 0.25) is 6.79 Å². The number of fused-ring (bicyclic) bond motifs is 1. The van der Waals surface area contributed by atoms with E-state index in [2.05, 4.69) is 5.32 Å². The molecule has 2 aliphatic rings. The SMILES string of the molecule is Cc1cccc(N2C(=O)C(=Cc3cc4c(cc3[N+](=O)[O-])OCO4)C(=O)NC2=S)c1. The number of aryl methyl sites for hydroxylation is 1. The van der Waals surface area contributed by atoms with Crippen molar-refractivity contribution in [2.45, 2.75) is 6.92 Å². The molecule has 29 heavy (non-hydrogen) atoms. The van der Waals surface area contributed by atoms with Crippen LogP contribution in [0.15, 0.2) is 42.0 Å². The van der Waals surface area contributed by atoms with Gasteiger partial charge in [0.25, 0.3) is 17.5 Å². The zero-order chi connectivity index (χ0) is 20.7. The molecule has 0 unspecified atom stereocenters. The highest BCUT2D eigenvalue weighted by molar-refractivity contribution is 7.80. The van der Waals surface area contributed by atoms with Crippen LogP contribution < -0.4 is 19.7 Å². The number of carbonyl (C=O) groups is 2. The van der Waals surface area contributed by atoms with Gasteiger partial charge in [-0.05, 0) is 49.0 Å². The molecular formula is C19H13N3O6S. The van der Waals surface area contributed by atoms with Gasteiger partial charge in [-0.25, -0.2) is 0 Å². The Morgan fingerprint density at radius 1 is 1.21 bits per heavy atom. The van der Waals surface area contributed by atoms with Crippen LogP contribution in [0.4, 0.5) is 11.4 Å². The average molecular weight is 411 g/mol. The lowest BCUT2D eigenvalue weighted by Crippen LogP contribution is -2.54. The molecule has 1 N–H and O–H groups in total. The van der Waals surface area contributed by atoms with E-state index in [0.29, 0.717) is 5.69 Å². The molecule has 4 rings (SSSR count). The molecule has 2 aliphatic heterocycles. The molecule has 146 valence electrons. The van der Waals surface area contributed by atoms with Crippen molar-refractivity contribution in [3.8, 4) is 11.5 Å². The molecule has 2 heterocycles. The first kappa shape index (κ1) is 18.6. The van der Waals surface area contributed by atoms with Gasteiger partial charge in [0.1, 0.15) is 5.57 Å². The smallest absolute Gasteiger partial charge is 0.280 e. The van der Waals surface area contributed by atoms with Crippen molar-refractivity contribution in [1.82, 2.24) is 5.32 Å². The molecule has 0 saturated carbocycles. The first-order chi connectivity index (χ1) is 13.8. The van der Waals surface area contributed by atoms with Crippen LogP contribution in [-0.4, -0.2) is 28.6 Å². The summed E-state index contributed by atoms with van der Waals surface area (Å²) in [5, 5.41) is 13.9. The van der Waals surface area contributed by atoms with Gasteiger partial charge in [-0.1, -0.05) is 12.1 Å². The van der Waals surface area contributed by atoms with Crippen LogP contribution in [0, 0.1) is 17.0 Å². The van der Waals surface area contributed by atoms with Crippen molar-refractivity contribution in [2.24, 2.45) is 0 Å². The number of nitro groups is 1. The zero-order valence-electron chi connectivity index (χ0n) is 15.0. The van der Waals surface area contributed by atoms with Gasteiger partial charge in [-0.15, -0.1) is 0 Å². The standard InChI is InChI=1S/C19H13N3O6S/c1-10-3-2-4-12(5-10)21-18(24)13(17(23)20-19(21)29)6-11-7-15-16(28-9-27-15)8-14(11)22(25)26/h2-8H,9H2,1H3,(H,20,23,29). The number of benzene rings is 2. The molecule has 0 bridgehead atoms. The van der Waals surface area contributed by atoms with Crippen molar-refractivity contribution >= 4 is 46.6 Å². The number of ether oxygens (including phenoxy) is 2. The number of hydrogen-bond acceptors (Lipinski definition) is 7. The number of anilines is 1. The number of nitrogens with one attached hydrogen (secondary N) is 1. The van der Waals surface area contributed by atoms with Crippen LogP contribution in [0.25, 0.3) is 6.08 Å². The van der Waals surface area contributed by atoms with Crippen molar-refractivity contribution < 1.29 is 24.0 Å². The molecule has 0 aromatic heterocycles. The minimum atomic E-state index is -0.740. The first-order valence-corrected chi connectivity index (χ1v) is 8.82. The number of hydrogen-bond donors (Lipinski definition) is 1. The molecule has 2 aromatic rings. The van der Waals surface area contributed by atoms with Crippen LogP contribution in [0.1, 0.15) is 11.1 Å². The van der Waals surface area contributed by atoms with E-state index < -0.39 is 16.7 Å². The maximum atomic E-state index is 13.1. The van der Waals surface area contributed by atoms with Crippen LogP contribution in [0.3, 0.4) is 0 Å². The van der Waals surface area contributed by atoms with E-state index >= 15 is 0 Å². The quantitative estimate of drug-likeness (QED) is 0.272. The minimum absolute atomic E-state index is 0.0368. The fourth-order valence-electron chi connectivity index (χ4n) is 3.04. The Morgan fingerprint density at radius 3 is 2.62 bits per heavy atom. The van der Waals surface area contributed by atoms with E-state index in [9.17, 15) is 19.7 Å². The molecular weight excluding hydrogens is 398 g/mol. The predicted octanol–water partition coefficient (Wildman–Crippen LogP) is 2.46. The second-order valence-electron chi connectivity index (χ2n) is 6.32. The highest BCUT2D eigenvalue weighted by Gasteiger charge is 2.35. The Kier molecular flexibility index (Phi) is 4.47. The molecule has 10 heteroatoms. The Hall–Kier alpha value is -3.79. The Balaban J connectivity index is 1.81. The third-order valence-corrected chi connectivity index (χ3v) is 4.66. The second kappa shape index (κ2) is 6.99. The lowest BCUT2D eigenvalue weighted by molar-refractivity contribution is -0.385. The van der Waals surface area contributed by atoms with Gasteiger partial charge >= 0.3 is 0 Å². The molecule has 2 aromatic carbocycles. The first-order valence-electron chi connectivity index (χ1n) is 8.41. The van der Waals surface area contributed by atoms with Crippen molar-refractivity contribution in [3.05, 3.63) is 63.2 Å². The van der Waals surface area contributed by atoms with Gasteiger partial charge in [0, 0.05) is 0 Å². The van der Waals surface area contributed by atoms with Gasteiger partial charge in [0.05, 0.1) is 22.2 Å². The Morgan fingerprint density at radius 2 is 1.93 bits per heavy atom. The third-order valence-electron chi connectivity index (χ3n) is 4.38. The number of thiocarbonyl (C=S) groups is 1. The monoisotopic (exact) mass is 411 g/mol. The second-order valence-corrected chi connectivity index (χ2v) is 6.70. The number of amides is 2. The molecule has 0 aliphatic carbocycles. The summed E-state index contributed by atoms with van der Waals surface area (Å²) >= 11 is 5.16. The van der Waals surface area contributed by atoms with Crippen LogP contribution in [-0.2, 0) is 9.59 Å². The van der Waals surface area contributed by atoms with Crippen molar-refractivity contribution in [1.29, 1.82) is 0 Å². The summed E-state index contributed by atoms with van der Waals surface area (Å²) in [5.41, 5.74) is 0.799. The van der Waals surface area contributed by atoms with Crippen LogP contribution in [0.5, 0.6) is 11.5 Å². The number of nitrogens with zero attached hydrogens (tertiary/aromatic N) is 2. The van der Waals surface area contributed by atoms with E-state index in [1.807, 2.05) is 13.0 Å². The van der Waals surface area contributed by atoms with Crippen LogP contribution in [0.2, 0.25) is 0 Å². The number of nitro benzene ring substituents is 1. The van der Waals surface area contributed by atoms with E-state index in [1.165, 1.54) is 17.0 Å². The molecule has 9 nitrogen and oxygen atoms in total. The number of carbonyl (C=O) groups excluding carboxylic acids is 2. The number of rotatable bonds is 3. The van der Waals surface area contributed by atoms with Gasteiger partial charge in [0.15, 0.2) is 16.6 Å². The third kappa shape index (κ3) is 3.29. The van der Waals surface area contributed by atoms with E-state index in [1.54, 1.807) is 18.2 Å². The fourth-order valence-corrected chi connectivity index (χ4v) is 3.32. The summed E-state index contributed by atoms with van der Waals surface area (Å²) < 4.78 is 10.4. The van der Waals surface area contributed by atoms with Crippen LogP contribution >= 0.6 is 12.2 Å². The fraction of sp³-hybridized carbons (Fsp3) is 0.105. The predicted molar refractivity (Wildman–Crippen MR) is 107 cm³/mol. The van der Waals surface area contributed by atoms with E-state index in [4.69, 9.17) is 21.7 Å². The maximum Gasteiger partial charge on any atom is 0.280 e. The summed E-state index contributed by atoms with van der Waals surface area (Å²) in [6.45, 7) is 1.79. The lowest BCUT2D eigenvalue weighted by Gasteiger charge is -2.29.